The normalized spacial score (nSPS) is 16.4. The van der Waals surface area contributed by atoms with Crippen molar-refractivity contribution in [1.29, 1.82) is 0 Å². The monoisotopic (exact) mass is 615 g/mol. The number of carbonyl (C=O) groups excluding carboxylic acids is 1. The number of carbonyl (C=O) groups is 1. The molecule has 0 saturated heterocycles. The minimum absolute atomic E-state index is 0.00465. The van der Waals surface area contributed by atoms with Gasteiger partial charge in [0.1, 0.15) is 23.0 Å². The second-order valence-electron chi connectivity index (χ2n) is 10.0. The van der Waals surface area contributed by atoms with Gasteiger partial charge in [-0.3, -0.25) is 9.69 Å². The summed E-state index contributed by atoms with van der Waals surface area (Å²) in [5, 5.41) is 3.26. The van der Waals surface area contributed by atoms with Crippen LogP contribution in [0.2, 0.25) is 0 Å². The van der Waals surface area contributed by atoms with Crippen LogP contribution in [-0.4, -0.2) is 65.9 Å². The number of aliphatic imine (C=N–C) groups is 1. The molecule has 0 bridgehead atoms. The minimum Gasteiger partial charge on any atom is -0.497 e. The molecule has 0 radical (unpaired) electrons. The van der Waals surface area contributed by atoms with Gasteiger partial charge >= 0.3 is 10.1 Å². The first-order valence-electron chi connectivity index (χ1n) is 13.8. The standard InChI is InChI=1S/C33H33N3O7S/c1-36-31(37)33(35-32(36)34-26-11-6-5-7-12-26,24-13-15-27(16-14-24)43-44(38,39)20-19-40-2)25-10-8-9-23(21-25)29-22-28(41-3)17-18-30(29)42-4/h5-18,21-22H,19-20H2,1-4H3,(H,34,35). The number of hydrogen-bond donors (Lipinski definition) is 1. The van der Waals surface area contributed by atoms with Crippen molar-refractivity contribution in [1.82, 2.24) is 4.90 Å². The third-order valence-corrected chi connectivity index (χ3v) is 8.38. The zero-order valence-electron chi connectivity index (χ0n) is 24.8. The van der Waals surface area contributed by atoms with E-state index < -0.39 is 15.7 Å². The van der Waals surface area contributed by atoms with Crippen LogP contribution in [0.25, 0.3) is 11.1 Å². The van der Waals surface area contributed by atoms with E-state index in [0.29, 0.717) is 28.6 Å². The number of amides is 1. The lowest BCUT2D eigenvalue weighted by atomic mass is 9.81. The van der Waals surface area contributed by atoms with Crippen molar-refractivity contribution in [3.63, 3.8) is 0 Å². The number of benzene rings is 4. The minimum atomic E-state index is -3.87. The van der Waals surface area contributed by atoms with Crippen molar-refractivity contribution < 1.29 is 31.6 Å². The van der Waals surface area contributed by atoms with E-state index in [9.17, 15) is 13.2 Å². The van der Waals surface area contributed by atoms with E-state index in [4.69, 9.17) is 23.4 Å². The number of nitrogens with one attached hydrogen (secondary N) is 1. The molecule has 44 heavy (non-hydrogen) atoms. The summed E-state index contributed by atoms with van der Waals surface area (Å²) in [4.78, 5) is 20.8. The Balaban J connectivity index is 1.64. The van der Waals surface area contributed by atoms with E-state index >= 15 is 0 Å². The smallest absolute Gasteiger partial charge is 0.311 e. The fourth-order valence-corrected chi connectivity index (χ4v) is 5.86. The van der Waals surface area contributed by atoms with Crippen LogP contribution in [0.5, 0.6) is 17.2 Å². The summed E-state index contributed by atoms with van der Waals surface area (Å²) in [6, 6.07) is 28.8. The molecule has 228 valence electrons. The predicted octanol–water partition coefficient (Wildman–Crippen LogP) is 4.91. The van der Waals surface area contributed by atoms with Gasteiger partial charge < -0.3 is 23.7 Å². The van der Waals surface area contributed by atoms with Crippen LogP contribution in [0.1, 0.15) is 11.1 Å². The molecule has 1 N–H and O–H groups in total. The summed E-state index contributed by atoms with van der Waals surface area (Å²) in [6.07, 6.45) is 0. The Morgan fingerprint density at radius 3 is 2.23 bits per heavy atom. The van der Waals surface area contributed by atoms with Gasteiger partial charge in [0.05, 0.1) is 20.8 Å². The molecule has 1 aliphatic heterocycles. The highest BCUT2D eigenvalue weighted by Gasteiger charge is 2.50. The number of likely N-dealkylation sites (N-methyl/N-ethyl adjacent to an activating group) is 1. The van der Waals surface area contributed by atoms with Gasteiger partial charge in [-0.1, -0.05) is 48.5 Å². The summed E-state index contributed by atoms with van der Waals surface area (Å²) in [5.41, 5.74) is 1.96. The SMILES string of the molecule is COCCS(=O)(=O)Oc1ccc(C2(c3cccc(-c4cc(OC)ccc4OC)c3)N=C(Nc3ccccc3)N(C)C2=O)cc1. The second-order valence-corrected chi connectivity index (χ2v) is 11.7. The fourth-order valence-electron chi connectivity index (χ4n) is 5.00. The molecule has 0 fully saturated rings. The van der Waals surface area contributed by atoms with Gasteiger partial charge in [-0.15, -0.1) is 0 Å². The average Bonchev–Trinajstić information content (AvgIpc) is 3.30. The highest BCUT2D eigenvalue weighted by molar-refractivity contribution is 7.87. The molecule has 0 saturated carbocycles. The first-order chi connectivity index (χ1) is 21.2. The number of para-hydroxylation sites is 1. The van der Waals surface area contributed by atoms with Crippen molar-refractivity contribution in [3.8, 4) is 28.4 Å². The van der Waals surface area contributed by atoms with Crippen molar-refractivity contribution in [2.24, 2.45) is 4.99 Å². The summed E-state index contributed by atoms with van der Waals surface area (Å²) < 4.78 is 45.9. The zero-order valence-corrected chi connectivity index (χ0v) is 25.6. The fraction of sp³-hybridized carbons (Fsp3) is 0.212. The molecule has 0 aromatic heterocycles. The van der Waals surface area contributed by atoms with Crippen molar-refractivity contribution in [2.45, 2.75) is 5.54 Å². The highest BCUT2D eigenvalue weighted by atomic mass is 32.2. The molecule has 5 rings (SSSR count). The maximum Gasteiger partial charge on any atom is 0.311 e. The molecule has 1 amide bonds. The molecule has 1 heterocycles. The largest absolute Gasteiger partial charge is 0.497 e. The number of guanidine groups is 1. The lowest BCUT2D eigenvalue weighted by Gasteiger charge is -2.27. The maximum absolute atomic E-state index is 14.3. The summed E-state index contributed by atoms with van der Waals surface area (Å²) in [7, 11) is 2.40. The molecular weight excluding hydrogens is 582 g/mol. The molecule has 10 nitrogen and oxygen atoms in total. The number of methoxy groups -OCH3 is 3. The number of anilines is 1. The molecule has 0 spiro atoms. The van der Waals surface area contributed by atoms with E-state index in [1.807, 2.05) is 72.8 Å². The molecular formula is C33H33N3O7S. The molecule has 4 aromatic carbocycles. The molecule has 0 aliphatic carbocycles. The zero-order chi connectivity index (χ0) is 31.3. The first-order valence-corrected chi connectivity index (χ1v) is 15.3. The Hall–Kier alpha value is -4.87. The lowest BCUT2D eigenvalue weighted by Crippen LogP contribution is -2.40. The Kier molecular flexibility index (Phi) is 8.88. The Bertz CT molecular complexity index is 1780. The number of ether oxygens (including phenoxy) is 3. The molecule has 1 atom stereocenters. The van der Waals surface area contributed by atoms with Crippen LogP contribution < -0.4 is 19.0 Å². The topological polar surface area (TPSA) is 116 Å². The van der Waals surface area contributed by atoms with Gasteiger partial charge in [0.25, 0.3) is 5.91 Å². The number of hydrogen-bond acceptors (Lipinski definition) is 9. The van der Waals surface area contributed by atoms with Crippen LogP contribution >= 0.6 is 0 Å². The third kappa shape index (κ3) is 6.10. The van der Waals surface area contributed by atoms with Crippen molar-refractivity contribution in [2.75, 3.05) is 46.1 Å². The van der Waals surface area contributed by atoms with Gasteiger partial charge in [-0.2, -0.15) is 8.42 Å². The molecule has 11 heteroatoms. The highest BCUT2D eigenvalue weighted by Crippen LogP contribution is 2.43. The van der Waals surface area contributed by atoms with Gasteiger partial charge in [-0.05, 0) is 65.2 Å². The first kappa shape index (κ1) is 30.6. The van der Waals surface area contributed by atoms with Gasteiger partial charge in [0.2, 0.25) is 5.96 Å². The second kappa shape index (κ2) is 12.8. The molecule has 1 unspecified atom stereocenters. The quantitative estimate of drug-likeness (QED) is 0.237. The van der Waals surface area contributed by atoms with Gasteiger partial charge in [0, 0.05) is 25.4 Å². The number of rotatable bonds is 11. The van der Waals surface area contributed by atoms with Crippen molar-refractivity contribution in [3.05, 3.63) is 108 Å². The van der Waals surface area contributed by atoms with Crippen LogP contribution in [0, 0.1) is 0 Å². The molecule has 4 aromatic rings. The van der Waals surface area contributed by atoms with E-state index in [1.54, 1.807) is 33.4 Å². The van der Waals surface area contributed by atoms with Crippen LogP contribution in [0.15, 0.2) is 102 Å². The third-order valence-electron chi connectivity index (χ3n) is 7.27. The van der Waals surface area contributed by atoms with Gasteiger partial charge in [-0.25, -0.2) is 4.99 Å². The Labute approximate surface area is 257 Å². The van der Waals surface area contributed by atoms with Crippen LogP contribution in [0.3, 0.4) is 0 Å². The maximum atomic E-state index is 14.3. The van der Waals surface area contributed by atoms with E-state index in [0.717, 1.165) is 16.8 Å². The summed E-state index contributed by atoms with van der Waals surface area (Å²) in [5.74, 6) is 1.16. The van der Waals surface area contributed by atoms with E-state index in [1.165, 1.54) is 24.1 Å². The van der Waals surface area contributed by atoms with Crippen molar-refractivity contribution >= 4 is 27.7 Å². The number of nitrogens with zero attached hydrogens (tertiary/aromatic N) is 2. The summed E-state index contributed by atoms with van der Waals surface area (Å²) in [6.45, 7) is 0.00465. The lowest BCUT2D eigenvalue weighted by molar-refractivity contribution is -0.129. The predicted molar refractivity (Wildman–Crippen MR) is 169 cm³/mol. The molecule has 1 aliphatic rings. The van der Waals surface area contributed by atoms with E-state index in [-0.39, 0.29) is 24.0 Å². The Morgan fingerprint density at radius 2 is 1.55 bits per heavy atom. The average molecular weight is 616 g/mol. The van der Waals surface area contributed by atoms with Crippen LogP contribution in [0.4, 0.5) is 5.69 Å². The summed E-state index contributed by atoms with van der Waals surface area (Å²) >= 11 is 0. The van der Waals surface area contributed by atoms with Crippen LogP contribution in [-0.2, 0) is 25.2 Å². The van der Waals surface area contributed by atoms with Gasteiger partial charge in [0.15, 0.2) is 5.54 Å². The van der Waals surface area contributed by atoms with E-state index in [2.05, 4.69) is 5.32 Å². The Morgan fingerprint density at radius 1 is 0.818 bits per heavy atom.